The molecule has 1 amide bonds. The highest BCUT2D eigenvalue weighted by Crippen LogP contribution is 2.32. The van der Waals surface area contributed by atoms with Gasteiger partial charge in [-0.3, -0.25) is 9.69 Å². The van der Waals surface area contributed by atoms with Gasteiger partial charge in [0.2, 0.25) is 11.0 Å². The van der Waals surface area contributed by atoms with Crippen LogP contribution in [0, 0.1) is 5.92 Å². The first-order valence-electron chi connectivity index (χ1n) is 8.75. The number of nitrogens with zero attached hydrogens (tertiary/aromatic N) is 4. The fraction of sp³-hybridized carbons (Fsp3) is 0.812. The second kappa shape index (κ2) is 7.57. The second-order valence-corrected chi connectivity index (χ2v) is 7.39. The van der Waals surface area contributed by atoms with Crippen LogP contribution in [0.1, 0.15) is 38.9 Å². The van der Waals surface area contributed by atoms with Gasteiger partial charge in [-0.05, 0) is 32.1 Å². The SMILES string of the molecule is CCc1nsc(N2CCCN(CC(=O)NC(C)C3CC3)CC2)n1. The van der Waals surface area contributed by atoms with Crippen LogP contribution in [0.2, 0.25) is 0 Å². The monoisotopic (exact) mass is 337 g/mol. The number of hydrogen-bond acceptors (Lipinski definition) is 6. The van der Waals surface area contributed by atoms with Gasteiger partial charge in [-0.25, -0.2) is 4.98 Å². The highest BCUT2D eigenvalue weighted by atomic mass is 32.1. The zero-order valence-corrected chi connectivity index (χ0v) is 14.9. The summed E-state index contributed by atoms with van der Waals surface area (Å²) in [5.41, 5.74) is 0. The minimum Gasteiger partial charge on any atom is -0.352 e. The van der Waals surface area contributed by atoms with Crippen molar-refractivity contribution < 1.29 is 4.79 Å². The zero-order chi connectivity index (χ0) is 16.2. The largest absolute Gasteiger partial charge is 0.352 e. The number of carbonyl (C=O) groups is 1. The van der Waals surface area contributed by atoms with Crippen molar-refractivity contribution in [2.24, 2.45) is 5.92 Å². The molecule has 128 valence electrons. The van der Waals surface area contributed by atoms with Crippen LogP contribution in [0.3, 0.4) is 0 Å². The Hall–Kier alpha value is -1.21. The Bertz CT molecular complexity index is 530. The minimum absolute atomic E-state index is 0.169. The van der Waals surface area contributed by atoms with Crippen molar-refractivity contribution in [2.45, 2.75) is 45.6 Å². The van der Waals surface area contributed by atoms with Gasteiger partial charge in [-0.15, -0.1) is 0 Å². The highest BCUT2D eigenvalue weighted by Gasteiger charge is 2.29. The maximum Gasteiger partial charge on any atom is 0.234 e. The maximum absolute atomic E-state index is 12.2. The molecule has 1 saturated heterocycles. The Morgan fingerprint density at radius 3 is 2.87 bits per heavy atom. The number of rotatable bonds is 6. The molecule has 6 nitrogen and oxygen atoms in total. The van der Waals surface area contributed by atoms with Gasteiger partial charge in [-0.2, -0.15) is 4.37 Å². The van der Waals surface area contributed by atoms with Gasteiger partial charge in [0.15, 0.2) is 0 Å². The van der Waals surface area contributed by atoms with Crippen molar-refractivity contribution in [3.8, 4) is 0 Å². The van der Waals surface area contributed by atoms with Gasteiger partial charge in [0.1, 0.15) is 5.82 Å². The summed E-state index contributed by atoms with van der Waals surface area (Å²) in [7, 11) is 0. The number of carbonyl (C=O) groups excluding carboxylic acids is 1. The Kier molecular flexibility index (Phi) is 5.48. The van der Waals surface area contributed by atoms with E-state index in [4.69, 9.17) is 0 Å². The molecule has 7 heteroatoms. The van der Waals surface area contributed by atoms with Crippen LogP contribution in [-0.4, -0.2) is 58.9 Å². The molecule has 1 saturated carbocycles. The molecule has 0 radical (unpaired) electrons. The van der Waals surface area contributed by atoms with Crippen molar-refractivity contribution in [1.82, 2.24) is 19.6 Å². The summed E-state index contributed by atoms with van der Waals surface area (Å²) < 4.78 is 4.37. The fourth-order valence-electron chi connectivity index (χ4n) is 3.05. The summed E-state index contributed by atoms with van der Waals surface area (Å²) in [6.07, 6.45) is 4.48. The molecule has 1 unspecified atom stereocenters. The topological polar surface area (TPSA) is 61.4 Å². The molecule has 2 aliphatic rings. The third kappa shape index (κ3) is 4.64. The summed E-state index contributed by atoms with van der Waals surface area (Å²) in [6, 6.07) is 0.333. The van der Waals surface area contributed by atoms with E-state index in [1.54, 1.807) is 0 Å². The lowest BCUT2D eigenvalue weighted by molar-refractivity contribution is -0.122. The lowest BCUT2D eigenvalue weighted by atomic mass is 10.2. The Balaban J connectivity index is 1.46. The van der Waals surface area contributed by atoms with Crippen LogP contribution in [0.4, 0.5) is 5.13 Å². The number of aryl methyl sites for hydroxylation is 1. The molecule has 1 aromatic rings. The van der Waals surface area contributed by atoms with E-state index in [1.807, 2.05) is 0 Å². The van der Waals surface area contributed by atoms with E-state index < -0.39 is 0 Å². The molecule has 1 aliphatic heterocycles. The van der Waals surface area contributed by atoms with Crippen LogP contribution in [0.15, 0.2) is 0 Å². The van der Waals surface area contributed by atoms with Gasteiger partial charge < -0.3 is 10.2 Å². The summed E-state index contributed by atoms with van der Waals surface area (Å²) in [4.78, 5) is 21.3. The summed E-state index contributed by atoms with van der Waals surface area (Å²) in [5, 5.41) is 4.17. The molecule has 23 heavy (non-hydrogen) atoms. The first kappa shape index (κ1) is 16.6. The average molecular weight is 337 g/mol. The van der Waals surface area contributed by atoms with E-state index >= 15 is 0 Å². The van der Waals surface area contributed by atoms with E-state index in [-0.39, 0.29) is 5.91 Å². The van der Waals surface area contributed by atoms with E-state index in [0.717, 1.165) is 50.0 Å². The molecule has 1 aliphatic carbocycles. The van der Waals surface area contributed by atoms with Gasteiger partial charge >= 0.3 is 0 Å². The first-order chi connectivity index (χ1) is 11.2. The van der Waals surface area contributed by atoms with E-state index in [2.05, 4.69) is 38.3 Å². The fourth-order valence-corrected chi connectivity index (χ4v) is 3.86. The van der Waals surface area contributed by atoms with Gasteiger partial charge in [0, 0.05) is 50.2 Å². The Labute approximate surface area is 142 Å². The normalized spacial score (nSPS) is 21.0. The zero-order valence-electron chi connectivity index (χ0n) is 14.1. The predicted octanol–water partition coefficient (Wildman–Crippen LogP) is 1.53. The third-order valence-corrected chi connectivity index (χ3v) is 5.53. The second-order valence-electron chi connectivity index (χ2n) is 6.66. The number of nitrogens with one attached hydrogen (secondary N) is 1. The van der Waals surface area contributed by atoms with Gasteiger partial charge in [-0.1, -0.05) is 6.92 Å². The first-order valence-corrected chi connectivity index (χ1v) is 9.52. The lowest BCUT2D eigenvalue weighted by Gasteiger charge is -2.22. The molecule has 1 aromatic heterocycles. The van der Waals surface area contributed by atoms with Crippen LogP contribution >= 0.6 is 11.5 Å². The molecule has 1 N–H and O–H groups in total. The molecule has 3 rings (SSSR count). The maximum atomic E-state index is 12.2. The predicted molar refractivity (Wildman–Crippen MR) is 92.9 cm³/mol. The van der Waals surface area contributed by atoms with Crippen molar-refractivity contribution >= 4 is 22.6 Å². The van der Waals surface area contributed by atoms with Gasteiger partial charge in [0.05, 0.1) is 6.54 Å². The highest BCUT2D eigenvalue weighted by molar-refractivity contribution is 7.09. The van der Waals surface area contributed by atoms with Crippen LogP contribution in [0.5, 0.6) is 0 Å². The van der Waals surface area contributed by atoms with Crippen LogP contribution < -0.4 is 10.2 Å². The average Bonchev–Trinajstić information content (AvgIpc) is 3.31. The molecular formula is C16H27N5OS. The number of aromatic nitrogens is 2. The van der Waals surface area contributed by atoms with E-state index in [9.17, 15) is 4.79 Å². The summed E-state index contributed by atoms with van der Waals surface area (Å²) in [6.45, 7) is 8.52. The van der Waals surface area contributed by atoms with Crippen molar-refractivity contribution in [1.29, 1.82) is 0 Å². The summed E-state index contributed by atoms with van der Waals surface area (Å²) >= 11 is 1.49. The van der Waals surface area contributed by atoms with Crippen LogP contribution in [0.25, 0.3) is 0 Å². The molecule has 0 spiro atoms. The number of amides is 1. The third-order valence-electron chi connectivity index (χ3n) is 4.72. The van der Waals surface area contributed by atoms with Crippen molar-refractivity contribution in [3.05, 3.63) is 5.82 Å². The van der Waals surface area contributed by atoms with E-state index in [1.165, 1.54) is 24.4 Å². The van der Waals surface area contributed by atoms with Crippen molar-refractivity contribution in [2.75, 3.05) is 37.6 Å². The molecule has 1 atom stereocenters. The van der Waals surface area contributed by atoms with Crippen LogP contribution in [-0.2, 0) is 11.2 Å². The number of hydrogen-bond donors (Lipinski definition) is 1. The quantitative estimate of drug-likeness (QED) is 0.853. The molecule has 2 heterocycles. The summed E-state index contributed by atoms with van der Waals surface area (Å²) in [5.74, 6) is 1.81. The van der Waals surface area contributed by atoms with Crippen molar-refractivity contribution in [3.63, 3.8) is 0 Å². The molecule has 0 aromatic carbocycles. The minimum atomic E-state index is 0.169. The lowest BCUT2D eigenvalue weighted by Crippen LogP contribution is -2.43. The Morgan fingerprint density at radius 2 is 2.17 bits per heavy atom. The molecular weight excluding hydrogens is 310 g/mol. The van der Waals surface area contributed by atoms with Gasteiger partial charge in [0.25, 0.3) is 0 Å². The Morgan fingerprint density at radius 1 is 1.35 bits per heavy atom. The standard InChI is InChI=1S/C16H27N5OS/c1-3-14-18-16(23-19-14)21-8-4-7-20(9-10-21)11-15(22)17-12(2)13-5-6-13/h12-13H,3-11H2,1-2H3,(H,17,22). The molecule has 2 fully saturated rings. The molecule has 0 bridgehead atoms. The van der Waals surface area contributed by atoms with E-state index in [0.29, 0.717) is 18.5 Å². The smallest absolute Gasteiger partial charge is 0.234 e. The number of anilines is 1.